The minimum absolute atomic E-state index is 0.637. The second kappa shape index (κ2) is 2.00. The minimum Gasteiger partial charge on any atom is -0.344 e. The fraction of sp³-hybridized carbons (Fsp3) is 0.750. The third kappa shape index (κ3) is 1.16. The van der Waals surface area contributed by atoms with Crippen LogP contribution in [0.4, 0.5) is 5.95 Å². The van der Waals surface area contributed by atoms with Crippen LogP contribution in [0.1, 0.15) is 0 Å². The van der Waals surface area contributed by atoms with Crippen molar-refractivity contribution in [3.8, 4) is 0 Å². The van der Waals surface area contributed by atoms with Crippen LogP contribution in [-0.4, -0.2) is 34.3 Å². The number of hydrogen-bond acceptors (Lipinski definition) is 4. The molecule has 0 atom stereocenters. The highest BCUT2D eigenvalue weighted by atomic mass is 15.6. The summed E-state index contributed by atoms with van der Waals surface area (Å²) in [5.74, 6) is 0.637. The fourth-order valence-electron chi connectivity index (χ4n) is 0.453. The second-order valence-electron chi connectivity index (χ2n) is 1.97. The molecule has 0 saturated heterocycles. The van der Waals surface area contributed by atoms with Crippen LogP contribution < -0.4 is 4.90 Å². The Kier molecular flexibility index (Phi) is 1.33. The first-order valence-corrected chi connectivity index (χ1v) is 2.61. The zero-order valence-electron chi connectivity index (χ0n) is 5.74. The second-order valence-corrected chi connectivity index (χ2v) is 1.97. The lowest BCUT2D eigenvalue weighted by Crippen LogP contribution is -2.10. The highest BCUT2D eigenvalue weighted by Gasteiger charge is 1.98. The highest BCUT2D eigenvalue weighted by molar-refractivity contribution is 5.21. The van der Waals surface area contributed by atoms with Gasteiger partial charge < -0.3 is 4.90 Å². The van der Waals surface area contributed by atoms with Crippen molar-refractivity contribution in [1.82, 2.24) is 20.2 Å². The standard InChI is InChI=1S/C4H9N5/c1-8(2)4-5-7-9(3)6-4/h1-3H3. The van der Waals surface area contributed by atoms with Crippen LogP contribution in [0.2, 0.25) is 0 Å². The maximum Gasteiger partial charge on any atom is 0.265 e. The molecule has 0 bridgehead atoms. The summed E-state index contributed by atoms with van der Waals surface area (Å²) in [4.78, 5) is 3.22. The van der Waals surface area contributed by atoms with E-state index in [1.165, 1.54) is 4.80 Å². The summed E-state index contributed by atoms with van der Waals surface area (Å²) in [5, 5.41) is 11.3. The largest absolute Gasteiger partial charge is 0.344 e. The molecular formula is C4H9N5. The van der Waals surface area contributed by atoms with Crippen molar-refractivity contribution in [3.63, 3.8) is 0 Å². The van der Waals surface area contributed by atoms with Crippen molar-refractivity contribution in [2.24, 2.45) is 7.05 Å². The number of aromatic nitrogens is 4. The molecule has 1 aromatic heterocycles. The normalized spacial score (nSPS) is 9.67. The van der Waals surface area contributed by atoms with E-state index in [1.807, 2.05) is 14.1 Å². The van der Waals surface area contributed by atoms with Crippen molar-refractivity contribution in [3.05, 3.63) is 0 Å². The Morgan fingerprint density at radius 1 is 1.44 bits per heavy atom. The molecule has 50 valence electrons. The van der Waals surface area contributed by atoms with Gasteiger partial charge in [-0.1, -0.05) is 5.10 Å². The molecular weight excluding hydrogens is 118 g/mol. The first-order chi connectivity index (χ1) is 4.20. The highest BCUT2D eigenvalue weighted by Crippen LogP contribution is 1.94. The monoisotopic (exact) mass is 127 g/mol. The van der Waals surface area contributed by atoms with Crippen LogP contribution in [0.3, 0.4) is 0 Å². The van der Waals surface area contributed by atoms with Crippen LogP contribution in [0.25, 0.3) is 0 Å². The lowest BCUT2D eigenvalue weighted by molar-refractivity contribution is 0.629. The molecule has 0 aliphatic carbocycles. The van der Waals surface area contributed by atoms with Crippen molar-refractivity contribution < 1.29 is 0 Å². The van der Waals surface area contributed by atoms with Crippen LogP contribution in [-0.2, 0) is 7.05 Å². The average molecular weight is 127 g/mol. The van der Waals surface area contributed by atoms with Crippen molar-refractivity contribution in [1.29, 1.82) is 0 Å². The number of aryl methyl sites for hydroxylation is 1. The Labute approximate surface area is 53.3 Å². The molecule has 0 radical (unpaired) electrons. The molecule has 0 aliphatic rings. The van der Waals surface area contributed by atoms with Crippen LogP contribution >= 0.6 is 0 Å². The Hall–Kier alpha value is -1.13. The number of nitrogens with zero attached hydrogens (tertiary/aromatic N) is 5. The van der Waals surface area contributed by atoms with Crippen molar-refractivity contribution in [2.75, 3.05) is 19.0 Å². The summed E-state index contributed by atoms with van der Waals surface area (Å²) in [6, 6.07) is 0. The van der Waals surface area contributed by atoms with E-state index < -0.39 is 0 Å². The smallest absolute Gasteiger partial charge is 0.265 e. The summed E-state index contributed by atoms with van der Waals surface area (Å²) in [5.41, 5.74) is 0. The van der Waals surface area contributed by atoms with Gasteiger partial charge in [0.2, 0.25) is 0 Å². The van der Waals surface area contributed by atoms with E-state index in [9.17, 15) is 0 Å². The molecule has 0 N–H and O–H groups in total. The summed E-state index contributed by atoms with van der Waals surface area (Å²) in [7, 11) is 5.48. The fourth-order valence-corrected chi connectivity index (χ4v) is 0.453. The summed E-state index contributed by atoms with van der Waals surface area (Å²) >= 11 is 0. The SMILES string of the molecule is CN(C)c1nnn(C)n1. The molecule has 0 amide bonds. The van der Waals surface area contributed by atoms with Crippen LogP contribution in [0, 0.1) is 0 Å². The summed E-state index contributed by atoms with van der Waals surface area (Å²) in [6.45, 7) is 0. The number of tetrazole rings is 1. The lowest BCUT2D eigenvalue weighted by atomic mass is 10.9. The average Bonchev–Trinajstić information content (AvgIpc) is 2.14. The van der Waals surface area contributed by atoms with Gasteiger partial charge in [0.05, 0.1) is 7.05 Å². The molecule has 9 heavy (non-hydrogen) atoms. The van der Waals surface area contributed by atoms with E-state index in [4.69, 9.17) is 0 Å². The predicted octanol–water partition coefficient (Wildman–Crippen LogP) is -0.724. The third-order valence-electron chi connectivity index (χ3n) is 0.898. The molecule has 5 nitrogen and oxygen atoms in total. The van der Waals surface area contributed by atoms with Gasteiger partial charge in [-0.15, -0.1) is 5.10 Å². The molecule has 0 aliphatic heterocycles. The van der Waals surface area contributed by atoms with E-state index in [2.05, 4.69) is 15.4 Å². The van der Waals surface area contributed by atoms with Gasteiger partial charge in [0, 0.05) is 14.1 Å². The summed E-state index contributed by atoms with van der Waals surface area (Å²) in [6.07, 6.45) is 0. The molecule has 0 spiro atoms. The molecule has 0 saturated carbocycles. The third-order valence-corrected chi connectivity index (χ3v) is 0.898. The Morgan fingerprint density at radius 2 is 2.11 bits per heavy atom. The predicted molar refractivity (Wildman–Crippen MR) is 33.1 cm³/mol. The van der Waals surface area contributed by atoms with Gasteiger partial charge in [-0.3, -0.25) is 0 Å². The Morgan fingerprint density at radius 3 is 2.33 bits per heavy atom. The Balaban J connectivity index is 2.85. The van der Waals surface area contributed by atoms with E-state index in [0.29, 0.717) is 5.95 Å². The quantitative estimate of drug-likeness (QED) is 0.499. The van der Waals surface area contributed by atoms with Gasteiger partial charge in [-0.2, -0.15) is 4.80 Å². The number of rotatable bonds is 1. The minimum atomic E-state index is 0.637. The van der Waals surface area contributed by atoms with E-state index >= 15 is 0 Å². The molecule has 1 aromatic rings. The first-order valence-electron chi connectivity index (χ1n) is 2.61. The number of anilines is 1. The zero-order valence-corrected chi connectivity index (χ0v) is 5.74. The van der Waals surface area contributed by atoms with Gasteiger partial charge in [-0.25, -0.2) is 0 Å². The molecule has 1 rings (SSSR count). The van der Waals surface area contributed by atoms with Crippen molar-refractivity contribution >= 4 is 5.95 Å². The lowest BCUT2D eigenvalue weighted by Gasteiger charge is -2.02. The van der Waals surface area contributed by atoms with Gasteiger partial charge >= 0.3 is 0 Å². The van der Waals surface area contributed by atoms with Crippen molar-refractivity contribution in [2.45, 2.75) is 0 Å². The van der Waals surface area contributed by atoms with Crippen LogP contribution in [0.5, 0.6) is 0 Å². The maximum absolute atomic E-state index is 3.93. The zero-order chi connectivity index (χ0) is 6.85. The molecule has 0 aromatic carbocycles. The molecule has 0 unspecified atom stereocenters. The summed E-state index contributed by atoms with van der Waals surface area (Å²) < 4.78 is 0. The van der Waals surface area contributed by atoms with Gasteiger partial charge in [0.25, 0.3) is 5.95 Å². The van der Waals surface area contributed by atoms with Gasteiger partial charge in [0.1, 0.15) is 0 Å². The molecule has 0 fully saturated rings. The van der Waals surface area contributed by atoms with Crippen LogP contribution in [0.15, 0.2) is 0 Å². The van der Waals surface area contributed by atoms with Gasteiger partial charge in [-0.05, 0) is 5.21 Å². The maximum atomic E-state index is 3.93. The van der Waals surface area contributed by atoms with Gasteiger partial charge in [0.15, 0.2) is 0 Å². The molecule has 1 heterocycles. The molecule has 5 heteroatoms. The topological polar surface area (TPSA) is 46.8 Å². The Bertz CT molecular complexity index is 191. The first kappa shape index (κ1) is 6.00. The number of hydrogen-bond donors (Lipinski definition) is 0. The van der Waals surface area contributed by atoms with E-state index in [1.54, 1.807) is 11.9 Å². The van der Waals surface area contributed by atoms with E-state index in [-0.39, 0.29) is 0 Å². The van der Waals surface area contributed by atoms with E-state index in [0.717, 1.165) is 0 Å².